The van der Waals surface area contributed by atoms with Gasteiger partial charge < -0.3 is 10.2 Å². The lowest BCUT2D eigenvalue weighted by molar-refractivity contribution is -0.136. The van der Waals surface area contributed by atoms with E-state index in [1.54, 1.807) is 24.3 Å². The zero-order valence-corrected chi connectivity index (χ0v) is 9.22. The lowest BCUT2D eigenvalue weighted by atomic mass is 9.95. The van der Waals surface area contributed by atoms with Crippen molar-refractivity contribution in [2.75, 3.05) is 0 Å². The van der Waals surface area contributed by atoms with Crippen molar-refractivity contribution in [3.8, 4) is 0 Å². The maximum atomic E-state index is 11.5. The second-order valence-corrected chi connectivity index (χ2v) is 4.03. The van der Waals surface area contributed by atoms with Crippen LogP contribution in [0.15, 0.2) is 36.1 Å². The summed E-state index contributed by atoms with van der Waals surface area (Å²) in [5.74, 6) is -3.37. The zero-order valence-electron chi connectivity index (χ0n) is 7.63. The molecule has 0 heterocycles. The number of alkyl halides is 1. The number of aliphatic hydroxyl groups excluding tert-OH is 1. The molecule has 0 aromatic heterocycles. The predicted molar refractivity (Wildman–Crippen MR) is 57.8 cm³/mol. The number of carboxylic acids is 1. The van der Waals surface area contributed by atoms with E-state index >= 15 is 0 Å². The van der Waals surface area contributed by atoms with Crippen molar-refractivity contribution in [1.29, 1.82) is 0 Å². The van der Waals surface area contributed by atoms with Gasteiger partial charge in [-0.15, -0.1) is 0 Å². The number of rotatable bonds is 3. The molecular weight excluding hydrogens is 264 g/mol. The van der Waals surface area contributed by atoms with E-state index in [9.17, 15) is 9.59 Å². The second-order valence-electron chi connectivity index (χ2n) is 2.98. The molecule has 1 aliphatic carbocycles. The van der Waals surface area contributed by atoms with Crippen LogP contribution in [0.25, 0.3) is 0 Å². The molecule has 0 bridgehead atoms. The van der Waals surface area contributed by atoms with Gasteiger partial charge in [-0.1, -0.05) is 40.2 Å². The summed E-state index contributed by atoms with van der Waals surface area (Å²) in [6.07, 6.45) is 7.63. The molecule has 0 fully saturated rings. The highest BCUT2D eigenvalue weighted by molar-refractivity contribution is 9.09. The van der Waals surface area contributed by atoms with Crippen LogP contribution in [0.5, 0.6) is 0 Å². The second kappa shape index (κ2) is 4.93. The van der Waals surface area contributed by atoms with Crippen LogP contribution in [0.2, 0.25) is 0 Å². The molecule has 0 saturated carbocycles. The highest BCUT2D eigenvalue weighted by Crippen LogP contribution is 2.21. The van der Waals surface area contributed by atoms with Crippen LogP contribution in [-0.2, 0) is 9.59 Å². The number of hydrogen-bond donors (Lipinski definition) is 2. The molecule has 4 nitrogen and oxygen atoms in total. The quantitative estimate of drug-likeness (QED) is 0.465. The average molecular weight is 273 g/mol. The Kier molecular flexibility index (Phi) is 3.85. The fourth-order valence-electron chi connectivity index (χ4n) is 1.12. The summed E-state index contributed by atoms with van der Waals surface area (Å²) in [5.41, 5.74) is 0. The number of carboxylic acid groups (broad SMARTS) is 1. The molecule has 5 heteroatoms. The molecule has 0 aromatic carbocycles. The normalized spacial score (nSPS) is 25.3. The van der Waals surface area contributed by atoms with Crippen LogP contribution in [0.4, 0.5) is 0 Å². The van der Waals surface area contributed by atoms with Crippen molar-refractivity contribution in [3.63, 3.8) is 0 Å². The van der Waals surface area contributed by atoms with Gasteiger partial charge in [0.15, 0.2) is 5.78 Å². The standard InChI is InChI=1S/C10H9BrO4/c11-7-4-2-1-3-6(7)8(12)5-9(13)10(14)15/h1-7,13H,(H,14,15)/b9-5-. The van der Waals surface area contributed by atoms with Crippen molar-refractivity contribution >= 4 is 27.7 Å². The SMILES string of the molecule is O=C(O)/C(O)=C/C(=O)C1C=CC=CC1Br. The van der Waals surface area contributed by atoms with Crippen molar-refractivity contribution < 1.29 is 19.8 Å². The van der Waals surface area contributed by atoms with E-state index in [0.29, 0.717) is 0 Å². The van der Waals surface area contributed by atoms with Crippen molar-refractivity contribution in [1.82, 2.24) is 0 Å². The van der Waals surface area contributed by atoms with Gasteiger partial charge in [0.1, 0.15) is 0 Å². The highest BCUT2D eigenvalue weighted by atomic mass is 79.9. The van der Waals surface area contributed by atoms with Gasteiger partial charge in [0.25, 0.3) is 0 Å². The molecule has 0 aromatic rings. The van der Waals surface area contributed by atoms with Crippen LogP contribution >= 0.6 is 15.9 Å². The van der Waals surface area contributed by atoms with Gasteiger partial charge in [-0.2, -0.15) is 0 Å². The Morgan fingerprint density at radius 2 is 1.80 bits per heavy atom. The minimum atomic E-state index is -1.51. The third kappa shape index (κ3) is 3.06. The summed E-state index contributed by atoms with van der Waals surface area (Å²) in [6, 6.07) is 0. The van der Waals surface area contributed by atoms with Crippen LogP contribution in [0.3, 0.4) is 0 Å². The highest BCUT2D eigenvalue weighted by Gasteiger charge is 2.23. The smallest absolute Gasteiger partial charge is 0.371 e. The first-order valence-corrected chi connectivity index (χ1v) is 5.11. The zero-order chi connectivity index (χ0) is 11.4. The predicted octanol–water partition coefficient (Wildman–Crippen LogP) is 1.59. The fourth-order valence-corrected chi connectivity index (χ4v) is 1.74. The maximum absolute atomic E-state index is 11.5. The maximum Gasteiger partial charge on any atom is 0.371 e. The Bertz CT molecular complexity index is 368. The molecule has 2 atom stereocenters. The molecule has 0 aliphatic heterocycles. The molecule has 1 aliphatic rings. The topological polar surface area (TPSA) is 74.6 Å². The van der Waals surface area contributed by atoms with E-state index in [0.717, 1.165) is 6.08 Å². The number of carbonyl (C=O) groups is 2. The first-order valence-electron chi connectivity index (χ1n) is 4.19. The summed E-state index contributed by atoms with van der Waals surface area (Å²) >= 11 is 3.27. The van der Waals surface area contributed by atoms with E-state index in [-0.39, 0.29) is 4.83 Å². The Morgan fingerprint density at radius 3 is 2.33 bits per heavy atom. The summed E-state index contributed by atoms with van der Waals surface area (Å²) in [6.45, 7) is 0. The number of aliphatic hydroxyl groups is 1. The van der Waals surface area contributed by atoms with E-state index in [1.807, 2.05) is 0 Å². The van der Waals surface area contributed by atoms with Gasteiger partial charge in [0.2, 0.25) is 5.76 Å². The molecule has 0 spiro atoms. The summed E-state index contributed by atoms with van der Waals surface area (Å²) in [4.78, 5) is 21.6. The Balaban J connectivity index is 2.78. The molecule has 0 radical (unpaired) electrons. The van der Waals surface area contributed by atoms with Crippen molar-refractivity contribution in [2.24, 2.45) is 5.92 Å². The fraction of sp³-hybridized carbons (Fsp3) is 0.200. The Labute approximate surface area is 94.7 Å². The number of carbonyl (C=O) groups excluding carboxylic acids is 1. The van der Waals surface area contributed by atoms with Gasteiger partial charge in [-0.05, 0) is 0 Å². The first kappa shape index (κ1) is 11.7. The number of halogens is 1. The van der Waals surface area contributed by atoms with Crippen LogP contribution in [0.1, 0.15) is 0 Å². The van der Waals surface area contributed by atoms with E-state index in [2.05, 4.69) is 15.9 Å². The molecule has 2 unspecified atom stereocenters. The molecule has 0 saturated heterocycles. The number of hydrogen-bond acceptors (Lipinski definition) is 3. The minimum absolute atomic E-state index is 0.173. The monoisotopic (exact) mass is 272 g/mol. The van der Waals surface area contributed by atoms with Gasteiger partial charge >= 0.3 is 5.97 Å². The third-order valence-corrected chi connectivity index (χ3v) is 2.77. The van der Waals surface area contributed by atoms with Gasteiger partial charge in [0, 0.05) is 10.9 Å². The first-order chi connectivity index (χ1) is 7.02. The molecular formula is C10H9BrO4. The van der Waals surface area contributed by atoms with Gasteiger partial charge in [0.05, 0.1) is 5.92 Å². The minimum Gasteiger partial charge on any atom is -0.502 e. The molecule has 15 heavy (non-hydrogen) atoms. The molecule has 2 N–H and O–H groups in total. The summed E-state index contributed by atoms with van der Waals surface area (Å²) in [7, 11) is 0. The number of allylic oxidation sites excluding steroid dienone is 5. The Hall–Kier alpha value is -1.36. The van der Waals surface area contributed by atoms with Gasteiger partial charge in [-0.3, -0.25) is 4.79 Å². The lowest BCUT2D eigenvalue weighted by Gasteiger charge is -2.15. The average Bonchev–Trinajstić information content (AvgIpc) is 2.18. The van der Waals surface area contributed by atoms with E-state index < -0.39 is 23.4 Å². The number of aliphatic carboxylic acids is 1. The number of ketones is 1. The van der Waals surface area contributed by atoms with E-state index in [4.69, 9.17) is 10.2 Å². The largest absolute Gasteiger partial charge is 0.502 e. The van der Waals surface area contributed by atoms with Crippen molar-refractivity contribution in [2.45, 2.75) is 4.83 Å². The third-order valence-electron chi connectivity index (χ3n) is 1.89. The molecule has 0 amide bonds. The summed E-state index contributed by atoms with van der Waals surface area (Å²) < 4.78 is 0. The Morgan fingerprint density at radius 1 is 1.20 bits per heavy atom. The lowest BCUT2D eigenvalue weighted by Crippen LogP contribution is -2.21. The summed E-state index contributed by atoms with van der Waals surface area (Å²) in [5, 5.41) is 17.3. The van der Waals surface area contributed by atoms with Crippen LogP contribution in [-0.4, -0.2) is 26.8 Å². The van der Waals surface area contributed by atoms with Gasteiger partial charge in [-0.25, -0.2) is 4.79 Å². The van der Waals surface area contributed by atoms with Crippen LogP contribution in [0, 0.1) is 5.92 Å². The molecule has 80 valence electrons. The van der Waals surface area contributed by atoms with Crippen molar-refractivity contribution in [3.05, 3.63) is 36.1 Å². The molecule has 1 rings (SSSR count). The van der Waals surface area contributed by atoms with E-state index in [1.165, 1.54) is 0 Å². The van der Waals surface area contributed by atoms with Crippen LogP contribution < -0.4 is 0 Å².